The minimum Gasteiger partial charge on any atom is -0.481 e. The molecule has 0 fully saturated rings. The van der Waals surface area contributed by atoms with Crippen molar-refractivity contribution in [3.63, 3.8) is 0 Å². The Morgan fingerprint density at radius 1 is 0.462 bits per heavy atom. The number of carbonyl (C=O) groups excluding carboxylic acids is 12. The Morgan fingerprint density at radius 3 is 1.44 bits per heavy atom. The van der Waals surface area contributed by atoms with Gasteiger partial charge in [0.1, 0.15) is 60.4 Å². The Kier molecular flexibility index (Phi) is 36.5. The third-order valence-electron chi connectivity index (χ3n) is 13.8. The molecule has 1 aromatic rings. The van der Waals surface area contributed by atoms with Crippen molar-refractivity contribution in [2.45, 2.75) is 198 Å². The number of hydrogen-bond acceptors (Lipinski definition) is 19. The zero-order valence-corrected chi connectivity index (χ0v) is 52.9. The van der Waals surface area contributed by atoms with E-state index in [1.807, 2.05) is 5.32 Å². The van der Waals surface area contributed by atoms with E-state index in [1.54, 1.807) is 44.2 Å². The number of aliphatic imine (C=N–C) groups is 1. The normalized spacial score (nSPS) is 14.9. The number of carbonyl (C=O) groups is 15. The van der Waals surface area contributed by atoms with Gasteiger partial charge in [-0.15, -0.1) is 0 Å². The highest BCUT2D eigenvalue weighted by Crippen LogP contribution is 2.13. The lowest BCUT2D eigenvalue weighted by molar-refractivity contribution is -0.147. The van der Waals surface area contributed by atoms with Crippen LogP contribution in [0.3, 0.4) is 0 Å². The van der Waals surface area contributed by atoms with Crippen LogP contribution in [0.2, 0.25) is 0 Å². The summed E-state index contributed by atoms with van der Waals surface area (Å²) in [5, 5.41) is 62.4. The van der Waals surface area contributed by atoms with Gasteiger partial charge in [-0.05, 0) is 89.2 Å². The highest BCUT2D eigenvalue weighted by Gasteiger charge is 2.38. The topological polar surface area (TPSA) is 626 Å². The number of guanidine groups is 1. The first-order valence-electron chi connectivity index (χ1n) is 30.0. The molecule has 36 heteroatoms. The maximum absolute atomic E-state index is 14.2. The molecule has 0 radical (unpaired) electrons. The van der Waals surface area contributed by atoms with E-state index in [0.717, 1.165) is 6.92 Å². The van der Waals surface area contributed by atoms with Gasteiger partial charge in [-0.2, -0.15) is 0 Å². The van der Waals surface area contributed by atoms with Gasteiger partial charge >= 0.3 is 17.9 Å². The summed E-state index contributed by atoms with van der Waals surface area (Å²) >= 11 is 0. The quantitative estimate of drug-likeness (QED) is 0.0164. The summed E-state index contributed by atoms with van der Waals surface area (Å²) in [5.41, 5.74) is 33.9. The van der Waals surface area contributed by atoms with Crippen LogP contribution >= 0.6 is 0 Å². The average Bonchev–Trinajstić information content (AvgIpc) is 1.33. The van der Waals surface area contributed by atoms with E-state index in [9.17, 15) is 87.2 Å². The molecule has 1 aromatic carbocycles. The third kappa shape index (κ3) is 32.3. The number of aliphatic carboxylic acids is 3. The van der Waals surface area contributed by atoms with Crippen LogP contribution in [0.1, 0.15) is 124 Å². The van der Waals surface area contributed by atoms with Crippen molar-refractivity contribution in [3.05, 3.63) is 35.9 Å². The fourth-order valence-electron chi connectivity index (χ4n) is 8.79. The third-order valence-corrected chi connectivity index (χ3v) is 13.8. The highest BCUT2D eigenvalue weighted by molar-refractivity contribution is 6.00. The number of aliphatic hydroxyl groups is 1. The summed E-state index contributed by atoms with van der Waals surface area (Å²) < 4.78 is 0. The van der Waals surface area contributed by atoms with Crippen LogP contribution in [0.5, 0.6) is 0 Å². The van der Waals surface area contributed by atoms with Gasteiger partial charge < -0.3 is 108 Å². The Balaban J connectivity index is 3.48. The smallest absolute Gasteiger partial charge is 0.326 e. The molecule has 0 aliphatic rings. The standard InChI is InChI=1S/C57H93N17O19/c1-27(2)23-36(70-52(88)37(24-31-13-8-7-9-14-31)69-47(83)32(59)15-12-22-64-57(62)63)51(87)65-29(5)46(82)66-33(16-10-11-21-58)48(84)67-35(18-20-42(78)79)49(85)71-38(25-41(61)77)53(89)73-44(28(3)4)54(90)74-45(30(6)75)55(91)68-34(17-19-40(60)76)50(86)72-39(56(92)93)26-43(80)81/h7-9,13-14,27-30,32-39,44-45,75H,10-12,15-26,58-59H2,1-6H3,(H2,60,76)(H2,61,77)(H,65,87)(H,66,82)(H,67,84)(H,68,91)(H,69,83)(H,70,88)(H,71,85)(H,72,86)(H,73,89)(H,74,90)(H,78,79)(H,80,81)(H,92,93)(H4,62,63,64)/t29-,30+,32-,33-,34-,35-,36-,37-,38-,39-,44-,45-/m0/s1. The zero-order chi connectivity index (χ0) is 70.8. The Hall–Kier alpha value is -9.58. The summed E-state index contributed by atoms with van der Waals surface area (Å²) in [6, 6.07) is -9.12. The Bertz CT molecular complexity index is 2790. The number of rotatable bonds is 45. The monoisotopic (exact) mass is 1320 g/mol. The number of carboxylic acid groups (broad SMARTS) is 3. The van der Waals surface area contributed by atoms with E-state index in [2.05, 4.69) is 52.8 Å². The number of benzene rings is 1. The number of nitrogens with two attached hydrogens (primary N) is 6. The molecule has 1 rings (SSSR count). The van der Waals surface area contributed by atoms with Gasteiger partial charge in [0.2, 0.25) is 70.9 Å². The molecule has 12 atom stereocenters. The van der Waals surface area contributed by atoms with Gasteiger partial charge in [0.05, 0.1) is 25.0 Å². The van der Waals surface area contributed by atoms with Gasteiger partial charge in [-0.25, -0.2) is 4.79 Å². The van der Waals surface area contributed by atoms with Crippen LogP contribution < -0.4 is 87.6 Å². The van der Waals surface area contributed by atoms with Crippen LogP contribution in [0, 0.1) is 11.8 Å². The molecule has 0 aliphatic carbocycles. The predicted octanol–water partition coefficient (Wildman–Crippen LogP) is -6.75. The molecule has 0 aromatic heterocycles. The van der Waals surface area contributed by atoms with Crippen LogP contribution in [0.4, 0.5) is 0 Å². The zero-order valence-electron chi connectivity index (χ0n) is 52.9. The van der Waals surface area contributed by atoms with Crippen molar-refractivity contribution < 1.29 is 92.3 Å². The maximum Gasteiger partial charge on any atom is 0.326 e. The summed E-state index contributed by atoms with van der Waals surface area (Å²) in [6.07, 6.45) is -5.53. The highest BCUT2D eigenvalue weighted by atomic mass is 16.4. The first-order chi connectivity index (χ1) is 43.5. The van der Waals surface area contributed by atoms with Crippen LogP contribution in [-0.2, 0) is 78.3 Å². The van der Waals surface area contributed by atoms with Crippen LogP contribution in [0.25, 0.3) is 0 Å². The number of carboxylic acids is 3. The fourth-order valence-corrected chi connectivity index (χ4v) is 8.79. The van der Waals surface area contributed by atoms with Crippen molar-refractivity contribution in [2.75, 3.05) is 13.1 Å². The second-order valence-corrected chi connectivity index (χ2v) is 22.8. The Labute approximate surface area is 536 Å². The molecule has 36 nitrogen and oxygen atoms in total. The first-order valence-corrected chi connectivity index (χ1v) is 30.0. The number of hydrogen-bond donors (Lipinski definition) is 20. The minimum atomic E-state index is -2.00. The Morgan fingerprint density at radius 2 is 0.935 bits per heavy atom. The van der Waals surface area contributed by atoms with E-state index in [-0.39, 0.29) is 57.1 Å². The van der Waals surface area contributed by atoms with Crippen molar-refractivity contribution in [1.29, 1.82) is 0 Å². The predicted molar refractivity (Wildman–Crippen MR) is 331 cm³/mol. The lowest BCUT2D eigenvalue weighted by Gasteiger charge is -2.29. The van der Waals surface area contributed by atoms with Crippen molar-refractivity contribution in [1.82, 2.24) is 53.2 Å². The lowest BCUT2D eigenvalue weighted by atomic mass is 10.0. The summed E-state index contributed by atoms with van der Waals surface area (Å²) in [7, 11) is 0. The van der Waals surface area contributed by atoms with E-state index in [0.29, 0.717) is 18.4 Å². The molecule has 0 bridgehead atoms. The molecule has 0 saturated heterocycles. The van der Waals surface area contributed by atoms with Gasteiger partial charge in [0.15, 0.2) is 5.96 Å². The van der Waals surface area contributed by atoms with E-state index >= 15 is 0 Å². The van der Waals surface area contributed by atoms with E-state index in [4.69, 9.17) is 39.5 Å². The molecular formula is C57H93N17O19. The molecular weight excluding hydrogens is 1230 g/mol. The van der Waals surface area contributed by atoms with Gasteiger partial charge in [0, 0.05) is 25.8 Å². The molecule has 0 spiro atoms. The molecule has 93 heavy (non-hydrogen) atoms. The molecule has 0 heterocycles. The molecule has 0 aliphatic heterocycles. The van der Waals surface area contributed by atoms with Gasteiger partial charge in [0.25, 0.3) is 0 Å². The second-order valence-electron chi connectivity index (χ2n) is 22.8. The van der Waals surface area contributed by atoms with Crippen LogP contribution in [0.15, 0.2) is 35.3 Å². The summed E-state index contributed by atoms with van der Waals surface area (Å²) in [6.45, 7) is 8.97. The molecule has 26 N–H and O–H groups in total. The number of nitrogens with zero attached hydrogens (tertiary/aromatic N) is 1. The van der Waals surface area contributed by atoms with Gasteiger partial charge in [-0.1, -0.05) is 58.0 Å². The molecule has 520 valence electrons. The summed E-state index contributed by atoms with van der Waals surface area (Å²) in [5.74, 6) is -18.9. The number of amides is 12. The molecule has 12 amide bonds. The summed E-state index contributed by atoms with van der Waals surface area (Å²) in [4.78, 5) is 201. The molecule has 0 unspecified atom stereocenters. The number of aliphatic hydroxyl groups excluding tert-OH is 1. The van der Waals surface area contributed by atoms with E-state index < -0.39 is 206 Å². The van der Waals surface area contributed by atoms with Crippen molar-refractivity contribution in [2.24, 2.45) is 51.2 Å². The maximum atomic E-state index is 14.2. The number of primary amides is 2. The fraction of sp³-hybridized carbons (Fsp3) is 0.614. The van der Waals surface area contributed by atoms with Crippen LogP contribution in [-0.4, -0.2) is 201 Å². The van der Waals surface area contributed by atoms with Crippen molar-refractivity contribution in [3.8, 4) is 0 Å². The lowest BCUT2D eigenvalue weighted by Crippen LogP contribution is -2.62. The van der Waals surface area contributed by atoms with Crippen molar-refractivity contribution >= 4 is 94.8 Å². The first kappa shape index (κ1) is 81.4. The SMILES string of the molecule is CC(C)C[C@H](NC(=O)[C@H](Cc1ccccc1)NC(=O)[C@@H](N)CCCN=C(N)N)C(=O)N[C@@H](C)C(=O)N[C@@H](CCCCN)C(=O)N[C@@H](CCC(=O)O)C(=O)N[C@@H](CC(N)=O)C(=O)N[C@H](C(=O)N[C@H](C(=O)N[C@@H](CCC(N)=O)C(=O)N[C@@H](CC(=O)O)C(=O)O)[C@@H](C)O)C(C)C. The number of unbranched alkanes of at least 4 members (excludes halogenated alkanes) is 1. The van der Waals surface area contributed by atoms with E-state index in [1.165, 1.54) is 20.8 Å². The molecule has 0 saturated carbocycles. The largest absolute Gasteiger partial charge is 0.481 e. The number of nitrogens with one attached hydrogen (secondary N) is 10. The second kappa shape index (κ2) is 41.7. The average molecular weight is 1320 g/mol. The van der Waals surface area contributed by atoms with Gasteiger partial charge in [-0.3, -0.25) is 72.1 Å². The minimum absolute atomic E-state index is 0.0116.